The predicted molar refractivity (Wildman–Crippen MR) is 99.6 cm³/mol. The Balaban J connectivity index is 1.73. The molecule has 2 aliphatic heterocycles. The maximum atomic E-state index is 4.44. The lowest BCUT2D eigenvalue weighted by atomic mass is 10.2. The highest BCUT2D eigenvalue weighted by Crippen LogP contribution is 2.56. The number of hydrogen-bond donors (Lipinski definition) is 0. The first-order valence-electron chi connectivity index (χ1n) is 5.51. The minimum Gasteiger partial charge on any atom is -0.172 e. The van der Waals surface area contributed by atoms with Gasteiger partial charge in [-0.1, -0.05) is 53.1 Å². The van der Waals surface area contributed by atoms with Gasteiger partial charge in [-0.3, -0.25) is 0 Å². The third-order valence-electron chi connectivity index (χ3n) is 2.68. The summed E-state index contributed by atoms with van der Waals surface area (Å²) in [5, 5.41) is 6.48. The second-order valence-corrected chi connectivity index (χ2v) is 9.50. The summed E-state index contributed by atoms with van der Waals surface area (Å²) >= 11 is 12.0. The number of aromatic nitrogens is 2. The molecule has 0 saturated carbocycles. The highest BCUT2D eigenvalue weighted by Gasteiger charge is 2.22. The zero-order chi connectivity index (χ0) is 13.5. The van der Waals surface area contributed by atoms with Gasteiger partial charge in [-0.25, -0.2) is 0 Å². The highest BCUT2D eigenvalue weighted by atomic mass is 79.9. The Labute approximate surface area is 145 Å². The molecule has 1 aromatic heterocycles. The number of thioether (sulfide) groups is 4. The molecular weight excluding hydrogens is 412 g/mol. The molecule has 20 heavy (non-hydrogen) atoms. The van der Waals surface area contributed by atoms with E-state index in [0.717, 1.165) is 15.5 Å². The van der Waals surface area contributed by atoms with Crippen molar-refractivity contribution >= 4 is 90.6 Å². The topological polar surface area (TPSA) is 25.8 Å². The maximum Gasteiger partial charge on any atom is 0.119 e. The standard InChI is InChI=1S/C12H5BrN2S5/c13-7-2-1-6(9-10(7)15-20-14-9)8-5-18-12(19-8)11-16-3-4-17-11/h1-5H. The summed E-state index contributed by atoms with van der Waals surface area (Å²) in [4.78, 5) is 1.26. The molecule has 0 aliphatic carbocycles. The predicted octanol–water partition coefficient (Wildman–Crippen LogP) is 6.31. The Bertz CT molecular complexity index is 782. The van der Waals surface area contributed by atoms with Gasteiger partial charge in [0.15, 0.2) is 0 Å². The van der Waals surface area contributed by atoms with E-state index in [-0.39, 0.29) is 0 Å². The van der Waals surface area contributed by atoms with Gasteiger partial charge in [0.05, 0.1) is 20.2 Å². The van der Waals surface area contributed by atoms with E-state index in [1.807, 2.05) is 11.8 Å². The lowest BCUT2D eigenvalue weighted by molar-refractivity contribution is 1.58. The number of hydrogen-bond acceptors (Lipinski definition) is 7. The molecular formula is C12H5BrN2S5. The molecule has 8 heteroatoms. The van der Waals surface area contributed by atoms with Crippen LogP contribution in [0, 0.1) is 0 Å². The van der Waals surface area contributed by atoms with Crippen LogP contribution in [0.4, 0.5) is 0 Å². The average molecular weight is 417 g/mol. The van der Waals surface area contributed by atoms with E-state index >= 15 is 0 Å². The Kier molecular flexibility index (Phi) is 3.95. The summed E-state index contributed by atoms with van der Waals surface area (Å²) in [7, 11) is 0. The lowest BCUT2D eigenvalue weighted by Gasteiger charge is -2.04. The van der Waals surface area contributed by atoms with E-state index in [9.17, 15) is 0 Å². The smallest absolute Gasteiger partial charge is 0.119 e. The summed E-state index contributed by atoms with van der Waals surface area (Å²) in [6, 6.07) is 4.17. The molecule has 3 heterocycles. The number of fused-ring (bicyclic) bond motifs is 1. The van der Waals surface area contributed by atoms with Crippen LogP contribution < -0.4 is 0 Å². The van der Waals surface area contributed by atoms with Crippen LogP contribution in [0.1, 0.15) is 5.56 Å². The SMILES string of the molecule is Brc1ccc(C2=CSC(=C3SC=CS3)S2)c2nsnc12. The van der Waals surface area contributed by atoms with Crippen LogP contribution in [0.5, 0.6) is 0 Å². The number of rotatable bonds is 1. The van der Waals surface area contributed by atoms with Crippen LogP contribution in [0.2, 0.25) is 0 Å². The minimum absolute atomic E-state index is 0.950. The second kappa shape index (κ2) is 5.73. The van der Waals surface area contributed by atoms with Crippen molar-refractivity contribution in [1.29, 1.82) is 0 Å². The molecule has 0 unspecified atom stereocenters. The molecule has 0 fully saturated rings. The summed E-state index contributed by atoms with van der Waals surface area (Å²) in [5.41, 5.74) is 3.11. The highest BCUT2D eigenvalue weighted by molar-refractivity contribution is 9.10. The fourth-order valence-electron chi connectivity index (χ4n) is 1.80. The summed E-state index contributed by atoms with van der Waals surface area (Å²) in [6.07, 6.45) is 0. The van der Waals surface area contributed by atoms with Crippen molar-refractivity contribution in [1.82, 2.24) is 8.75 Å². The fourth-order valence-corrected chi connectivity index (χ4v) is 7.39. The van der Waals surface area contributed by atoms with Gasteiger partial charge in [-0.05, 0) is 38.2 Å². The normalized spacial score (nSPS) is 18.4. The van der Waals surface area contributed by atoms with E-state index < -0.39 is 0 Å². The van der Waals surface area contributed by atoms with Crippen LogP contribution in [0.25, 0.3) is 15.9 Å². The van der Waals surface area contributed by atoms with E-state index in [1.54, 1.807) is 35.3 Å². The van der Waals surface area contributed by atoms with E-state index in [4.69, 9.17) is 0 Å². The maximum absolute atomic E-state index is 4.44. The summed E-state index contributed by atoms with van der Waals surface area (Å²) in [5.74, 6) is 0. The lowest BCUT2D eigenvalue weighted by Crippen LogP contribution is -1.82. The van der Waals surface area contributed by atoms with Crippen LogP contribution in [-0.4, -0.2) is 8.75 Å². The fraction of sp³-hybridized carbons (Fsp3) is 0. The van der Waals surface area contributed by atoms with Crippen LogP contribution in [-0.2, 0) is 0 Å². The molecule has 0 N–H and O–H groups in total. The summed E-state index contributed by atoms with van der Waals surface area (Å²) < 4.78 is 12.5. The van der Waals surface area contributed by atoms with Gasteiger partial charge in [0.1, 0.15) is 11.0 Å². The third-order valence-corrected chi connectivity index (χ3v) is 8.90. The summed E-state index contributed by atoms with van der Waals surface area (Å²) in [6.45, 7) is 0. The van der Waals surface area contributed by atoms with Crippen LogP contribution >= 0.6 is 74.7 Å². The molecule has 2 nitrogen and oxygen atoms in total. The molecule has 1 aromatic carbocycles. The van der Waals surface area contributed by atoms with Crippen molar-refractivity contribution in [2.24, 2.45) is 0 Å². The third kappa shape index (κ3) is 2.40. The molecule has 2 aromatic rings. The van der Waals surface area contributed by atoms with Crippen molar-refractivity contribution in [3.63, 3.8) is 0 Å². The molecule has 100 valence electrons. The van der Waals surface area contributed by atoms with Gasteiger partial charge in [0.2, 0.25) is 0 Å². The Morgan fingerprint density at radius 3 is 2.55 bits per heavy atom. The van der Waals surface area contributed by atoms with E-state index in [0.29, 0.717) is 0 Å². The molecule has 4 rings (SSSR count). The van der Waals surface area contributed by atoms with Crippen LogP contribution in [0.15, 0.2) is 41.3 Å². The van der Waals surface area contributed by atoms with Crippen molar-refractivity contribution in [2.75, 3.05) is 0 Å². The van der Waals surface area contributed by atoms with Crippen molar-refractivity contribution in [3.8, 4) is 0 Å². The molecule has 0 bridgehead atoms. The van der Waals surface area contributed by atoms with Gasteiger partial charge in [-0.15, -0.1) is 0 Å². The molecule has 0 spiro atoms. The van der Waals surface area contributed by atoms with Gasteiger partial charge in [0, 0.05) is 14.9 Å². The average Bonchev–Trinajstić information content (AvgIpc) is 3.20. The van der Waals surface area contributed by atoms with Gasteiger partial charge < -0.3 is 0 Å². The molecule has 0 amide bonds. The van der Waals surface area contributed by atoms with E-state index in [1.165, 1.54) is 30.7 Å². The Morgan fingerprint density at radius 2 is 1.70 bits per heavy atom. The monoisotopic (exact) mass is 416 g/mol. The minimum atomic E-state index is 0.950. The molecule has 2 aliphatic rings. The molecule has 0 saturated heterocycles. The number of nitrogens with zero attached hydrogens (tertiary/aromatic N) is 2. The Hall–Kier alpha value is 0.140. The largest absolute Gasteiger partial charge is 0.172 e. The van der Waals surface area contributed by atoms with Crippen molar-refractivity contribution in [3.05, 3.63) is 46.9 Å². The molecule has 0 radical (unpaired) electrons. The molecule has 0 atom stereocenters. The van der Waals surface area contributed by atoms with Gasteiger partial charge >= 0.3 is 0 Å². The van der Waals surface area contributed by atoms with E-state index in [2.05, 4.69) is 53.0 Å². The van der Waals surface area contributed by atoms with Gasteiger partial charge in [-0.2, -0.15) is 8.75 Å². The van der Waals surface area contributed by atoms with Crippen molar-refractivity contribution in [2.45, 2.75) is 0 Å². The zero-order valence-electron chi connectivity index (χ0n) is 9.70. The number of benzene rings is 1. The van der Waals surface area contributed by atoms with Crippen molar-refractivity contribution < 1.29 is 0 Å². The first-order chi connectivity index (χ1) is 9.83. The number of halogens is 1. The quantitative estimate of drug-likeness (QED) is 0.539. The first-order valence-corrected chi connectivity index (χ1v) is 10.5. The first kappa shape index (κ1) is 13.8. The van der Waals surface area contributed by atoms with Gasteiger partial charge in [0.25, 0.3) is 0 Å². The zero-order valence-corrected chi connectivity index (χ0v) is 15.4. The van der Waals surface area contributed by atoms with Crippen LogP contribution in [0.3, 0.4) is 0 Å². The Morgan fingerprint density at radius 1 is 0.900 bits per heavy atom. The second-order valence-electron chi connectivity index (χ2n) is 3.84.